The lowest BCUT2D eigenvalue weighted by Gasteiger charge is -2.29. The van der Waals surface area contributed by atoms with Crippen molar-refractivity contribution in [1.82, 2.24) is 5.32 Å². The van der Waals surface area contributed by atoms with E-state index in [2.05, 4.69) is 37.4 Å². The fraction of sp³-hybridized carbons (Fsp3) is 0.647. The Kier molecular flexibility index (Phi) is 4.34. The van der Waals surface area contributed by atoms with E-state index in [1.165, 1.54) is 30.4 Å². The average Bonchev–Trinajstić information content (AvgIpc) is 3.03. The number of nitrogens with one attached hydrogen (secondary N) is 1. The average molecular weight is 294 g/mol. The predicted molar refractivity (Wildman–Crippen MR) is 83.4 cm³/mol. The lowest BCUT2D eigenvalue weighted by molar-refractivity contribution is 0.0858. The molecule has 4 unspecified atom stereocenters. The summed E-state index contributed by atoms with van der Waals surface area (Å²) in [5.74, 6) is 0.645. The number of ether oxygens (including phenoxy) is 1. The van der Waals surface area contributed by atoms with Crippen LogP contribution in [0.4, 0.5) is 0 Å². The first-order valence-electron chi connectivity index (χ1n) is 7.81. The fourth-order valence-electron chi connectivity index (χ4n) is 3.79. The lowest BCUT2D eigenvalue weighted by atomic mass is 9.81. The van der Waals surface area contributed by atoms with Gasteiger partial charge in [-0.2, -0.15) is 0 Å². The molecule has 0 saturated carbocycles. The van der Waals surface area contributed by atoms with Crippen LogP contribution in [0.15, 0.2) is 18.2 Å². The van der Waals surface area contributed by atoms with Gasteiger partial charge in [0.15, 0.2) is 0 Å². The van der Waals surface area contributed by atoms with Gasteiger partial charge in [-0.05, 0) is 56.3 Å². The molecule has 0 aliphatic carbocycles. The molecule has 1 aromatic rings. The molecule has 0 aromatic heterocycles. The third kappa shape index (κ3) is 2.88. The van der Waals surface area contributed by atoms with Crippen molar-refractivity contribution < 1.29 is 4.74 Å². The van der Waals surface area contributed by atoms with E-state index in [1.807, 2.05) is 0 Å². The van der Waals surface area contributed by atoms with Gasteiger partial charge < -0.3 is 10.1 Å². The molecule has 2 aliphatic heterocycles. The zero-order valence-electron chi connectivity index (χ0n) is 12.4. The van der Waals surface area contributed by atoms with Crippen LogP contribution in [0.3, 0.4) is 0 Å². The normalized spacial score (nSPS) is 29.9. The maximum Gasteiger partial charge on any atom is 0.0623 e. The van der Waals surface area contributed by atoms with Crippen molar-refractivity contribution in [1.29, 1.82) is 0 Å². The second-order valence-corrected chi connectivity index (χ2v) is 6.64. The Morgan fingerprint density at radius 3 is 2.85 bits per heavy atom. The minimum Gasteiger partial charge on any atom is -0.375 e. The van der Waals surface area contributed by atoms with Gasteiger partial charge in [-0.3, -0.25) is 0 Å². The predicted octanol–water partition coefficient (Wildman–Crippen LogP) is 3.74. The molecule has 110 valence electrons. The van der Waals surface area contributed by atoms with E-state index in [-0.39, 0.29) is 0 Å². The number of rotatable bonds is 5. The first-order chi connectivity index (χ1) is 9.67. The second kappa shape index (κ2) is 6.05. The number of likely N-dealkylation sites (N-methyl/N-ethyl adjacent to an activating group) is 1. The van der Waals surface area contributed by atoms with Gasteiger partial charge in [0.2, 0.25) is 0 Å². The third-order valence-electron chi connectivity index (χ3n) is 4.78. The molecule has 3 heteroatoms. The Hall–Kier alpha value is -0.570. The number of fused-ring (bicyclic) bond motifs is 2. The van der Waals surface area contributed by atoms with Gasteiger partial charge in [0.1, 0.15) is 0 Å². The van der Waals surface area contributed by atoms with Crippen LogP contribution in [0.25, 0.3) is 0 Å². The van der Waals surface area contributed by atoms with E-state index in [4.69, 9.17) is 16.3 Å². The largest absolute Gasteiger partial charge is 0.375 e. The van der Waals surface area contributed by atoms with Crippen LogP contribution in [0.2, 0.25) is 5.02 Å². The van der Waals surface area contributed by atoms with E-state index in [9.17, 15) is 0 Å². The molecule has 1 aromatic carbocycles. The van der Waals surface area contributed by atoms with Crippen molar-refractivity contribution in [2.75, 3.05) is 6.54 Å². The van der Waals surface area contributed by atoms with Crippen LogP contribution in [0, 0.1) is 12.8 Å². The molecule has 2 heterocycles. The van der Waals surface area contributed by atoms with E-state index < -0.39 is 0 Å². The molecule has 2 fully saturated rings. The van der Waals surface area contributed by atoms with Crippen molar-refractivity contribution in [3.05, 3.63) is 34.3 Å². The van der Waals surface area contributed by atoms with Gasteiger partial charge in [-0.1, -0.05) is 30.7 Å². The van der Waals surface area contributed by atoms with Crippen LogP contribution >= 0.6 is 11.6 Å². The Bertz CT molecular complexity index is 476. The molecule has 0 amide bonds. The maximum atomic E-state index is 6.40. The number of hydrogen-bond acceptors (Lipinski definition) is 2. The molecular formula is C17H24ClNO. The topological polar surface area (TPSA) is 21.3 Å². The Balaban J connectivity index is 1.74. The van der Waals surface area contributed by atoms with Crippen LogP contribution in [0.1, 0.15) is 37.3 Å². The van der Waals surface area contributed by atoms with Gasteiger partial charge in [-0.25, -0.2) is 0 Å². The summed E-state index contributed by atoms with van der Waals surface area (Å²) in [7, 11) is 0. The number of benzene rings is 1. The van der Waals surface area contributed by atoms with E-state index >= 15 is 0 Å². The second-order valence-electron chi connectivity index (χ2n) is 6.24. The zero-order valence-corrected chi connectivity index (χ0v) is 13.1. The van der Waals surface area contributed by atoms with Crippen molar-refractivity contribution in [3.8, 4) is 0 Å². The molecule has 3 rings (SSSR count). The van der Waals surface area contributed by atoms with Crippen molar-refractivity contribution in [3.63, 3.8) is 0 Å². The summed E-state index contributed by atoms with van der Waals surface area (Å²) in [6, 6.07) is 6.88. The molecule has 20 heavy (non-hydrogen) atoms. The summed E-state index contributed by atoms with van der Waals surface area (Å²) >= 11 is 6.40. The first-order valence-corrected chi connectivity index (χ1v) is 8.19. The minimum absolute atomic E-state index is 0.466. The van der Waals surface area contributed by atoms with Crippen LogP contribution in [0.5, 0.6) is 0 Å². The summed E-state index contributed by atoms with van der Waals surface area (Å²) in [5.41, 5.74) is 2.48. The molecular weight excluding hydrogens is 270 g/mol. The van der Waals surface area contributed by atoms with Gasteiger partial charge in [-0.15, -0.1) is 0 Å². The standard InChI is InChI=1S/C17H24ClNO/c1-3-19-16(14-10-13-6-7-17(14)20-13)9-12-5-4-11(2)8-15(12)18/h4-5,8,13-14,16-17,19H,3,6-7,9-10H2,1-2H3. The van der Waals surface area contributed by atoms with E-state index in [0.29, 0.717) is 24.2 Å². The third-order valence-corrected chi connectivity index (χ3v) is 5.14. The highest BCUT2D eigenvalue weighted by molar-refractivity contribution is 6.31. The summed E-state index contributed by atoms with van der Waals surface area (Å²) in [5, 5.41) is 4.56. The van der Waals surface area contributed by atoms with E-state index in [1.54, 1.807) is 0 Å². The number of hydrogen-bond donors (Lipinski definition) is 1. The summed E-state index contributed by atoms with van der Waals surface area (Å²) in [6.45, 7) is 5.26. The summed E-state index contributed by atoms with van der Waals surface area (Å²) < 4.78 is 6.03. The maximum absolute atomic E-state index is 6.40. The molecule has 2 bridgehead atoms. The summed E-state index contributed by atoms with van der Waals surface area (Å²) in [4.78, 5) is 0. The van der Waals surface area contributed by atoms with Gasteiger partial charge >= 0.3 is 0 Å². The number of halogens is 1. The Morgan fingerprint density at radius 1 is 1.40 bits per heavy atom. The van der Waals surface area contributed by atoms with Gasteiger partial charge in [0, 0.05) is 17.0 Å². The molecule has 2 aliphatic rings. The molecule has 2 saturated heterocycles. The van der Waals surface area contributed by atoms with Crippen molar-refractivity contribution >= 4 is 11.6 Å². The SMILES string of the molecule is CCNC(Cc1ccc(C)cc1Cl)C1CC2CCC1O2. The zero-order chi connectivity index (χ0) is 14.1. The summed E-state index contributed by atoms with van der Waals surface area (Å²) in [6.07, 6.45) is 5.69. The smallest absolute Gasteiger partial charge is 0.0623 e. The molecule has 1 N–H and O–H groups in total. The quantitative estimate of drug-likeness (QED) is 0.893. The number of aryl methyl sites for hydroxylation is 1. The monoisotopic (exact) mass is 293 g/mol. The lowest BCUT2D eigenvalue weighted by Crippen LogP contribution is -2.42. The molecule has 0 spiro atoms. The van der Waals surface area contributed by atoms with Gasteiger partial charge in [0.05, 0.1) is 12.2 Å². The van der Waals surface area contributed by atoms with Crippen LogP contribution in [-0.2, 0) is 11.2 Å². The van der Waals surface area contributed by atoms with Crippen LogP contribution in [-0.4, -0.2) is 24.8 Å². The molecule has 0 radical (unpaired) electrons. The molecule has 4 atom stereocenters. The van der Waals surface area contributed by atoms with Crippen molar-refractivity contribution in [2.45, 2.75) is 57.8 Å². The molecule has 2 nitrogen and oxygen atoms in total. The highest BCUT2D eigenvalue weighted by Crippen LogP contribution is 2.41. The van der Waals surface area contributed by atoms with Gasteiger partial charge in [0.25, 0.3) is 0 Å². The first kappa shape index (κ1) is 14.4. The van der Waals surface area contributed by atoms with Crippen LogP contribution < -0.4 is 5.32 Å². The van der Waals surface area contributed by atoms with E-state index in [0.717, 1.165) is 18.0 Å². The fourth-order valence-corrected chi connectivity index (χ4v) is 4.10. The highest BCUT2D eigenvalue weighted by atomic mass is 35.5. The Morgan fingerprint density at radius 2 is 2.25 bits per heavy atom. The van der Waals surface area contributed by atoms with Crippen molar-refractivity contribution in [2.24, 2.45) is 5.92 Å². The minimum atomic E-state index is 0.466. The Labute approximate surface area is 126 Å². The highest BCUT2D eigenvalue weighted by Gasteiger charge is 2.44.